The zero-order valence-electron chi connectivity index (χ0n) is 12.8. The van der Waals surface area contributed by atoms with Gasteiger partial charge in [0.2, 0.25) is 10.0 Å². The van der Waals surface area contributed by atoms with Gasteiger partial charge in [0, 0.05) is 13.1 Å². The van der Waals surface area contributed by atoms with Gasteiger partial charge in [-0.1, -0.05) is 44.0 Å². The SMILES string of the molecule is CC1CCCC(N(C)S(=O)(=O)Cc2cccc(CO)c2)C1. The van der Waals surface area contributed by atoms with Gasteiger partial charge in [0.1, 0.15) is 0 Å². The van der Waals surface area contributed by atoms with Gasteiger partial charge in [-0.15, -0.1) is 0 Å². The van der Waals surface area contributed by atoms with E-state index in [2.05, 4.69) is 6.92 Å². The average molecular weight is 311 g/mol. The van der Waals surface area contributed by atoms with Gasteiger partial charge >= 0.3 is 0 Å². The van der Waals surface area contributed by atoms with Gasteiger partial charge < -0.3 is 5.11 Å². The third kappa shape index (κ3) is 4.28. The first-order valence-corrected chi connectivity index (χ1v) is 9.17. The van der Waals surface area contributed by atoms with E-state index in [0.717, 1.165) is 30.4 Å². The molecule has 1 saturated carbocycles. The van der Waals surface area contributed by atoms with Gasteiger partial charge in [-0.05, 0) is 29.9 Å². The summed E-state index contributed by atoms with van der Waals surface area (Å²) in [5, 5.41) is 9.14. The van der Waals surface area contributed by atoms with Crippen molar-refractivity contribution in [3.63, 3.8) is 0 Å². The Hall–Kier alpha value is -0.910. The minimum atomic E-state index is -3.31. The van der Waals surface area contributed by atoms with Gasteiger partial charge in [-0.2, -0.15) is 0 Å². The van der Waals surface area contributed by atoms with Crippen molar-refractivity contribution < 1.29 is 13.5 Å². The Kier molecular flexibility index (Phi) is 5.41. The third-order valence-electron chi connectivity index (χ3n) is 4.38. The Labute approximate surface area is 127 Å². The molecule has 0 radical (unpaired) electrons. The minimum Gasteiger partial charge on any atom is -0.392 e. The topological polar surface area (TPSA) is 57.6 Å². The number of hydrogen-bond acceptors (Lipinski definition) is 3. The Bertz CT molecular complexity index is 571. The lowest BCUT2D eigenvalue weighted by molar-refractivity contribution is 0.239. The highest BCUT2D eigenvalue weighted by Crippen LogP contribution is 2.28. The van der Waals surface area contributed by atoms with Crippen molar-refractivity contribution >= 4 is 10.0 Å². The summed E-state index contributed by atoms with van der Waals surface area (Å²) in [5.41, 5.74) is 1.48. The van der Waals surface area contributed by atoms with E-state index in [1.807, 2.05) is 0 Å². The van der Waals surface area contributed by atoms with Gasteiger partial charge in [0.15, 0.2) is 0 Å². The third-order valence-corrected chi connectivity index (χ3v) is 6.26. The number of benzene rings is 1. The molecule has 118 valence electrons. The molecule has 4 nitrogen and oxygen atoms in total. The monoisotopic (exact) mass is 311 g/mol. The molecular formula is C16H25NO3S. The van der Waals surface area contributed by atoms with Crippen molar-refractivity contribution in [2.24, 2.45) is 5.92 Å². The Morgan fingerprint density at radius 3 is 2.67 bits per heavy atom. The standard InChI is InChI=1S/C16H25NO3S/c1-13-5-3-8-16(9-13)17(2)21(19,20)12-15-7-4-6-14(10-15)11-18/h4,6-7,10,13,16,18H,3,5,8-9,11-12H2,1-2H3. The Morgan fingerprint density at radius 1 is 1.29 bits per heavy atom. The molecule has 5 heteroatoms. The highest BCUT2D eigenvalue weighted by Gasteiger charge is 2.29. The van der Waals surface area contributed by atoms with E-state index < -0.39 is 10.0 Å². The highest BCUT2D eigenvalue weighted by atomic mass is 32.2. The first-order chi connectivity index (χ1) is 9.92. The lowest BCUT2D eigenvalue weighted by Gasteiger charge is -2.33. The summed E-state index contributed by atoms with van der Waals surface area (Å²) in [7, 11) is -1.61. The fraction of sp³-hybridized carbons (Fsp3) is 0.625. The van der Waals surface area contributed by atoms with Crippen molar-refractivity contribution in [2.75, 3.05) is 7.05 Å². The molecule has 0 bridgehead atoms. The maximum atomic E-state index is 12.6. The van der Waals surface area contributed by atoms with Crippen LogP contribution in [0.4, 0.5) is 0 Å². The van der Waals surface area contributed by atoms with Crippen LogP contribution in [0.5, 0.6) is 0 Å². The summed E-state index contributed by atoms with van der Waals surface area (Å²) in [6, 6.07) is 7.27. The van der Waals surface area contributed by atoms with Crippen LogP contribution >= 0.6 is 0 Å². The number of nitrogens with zero attached hydrogens (tertiary/aromatic N) is 1. The molecule has 1 aromatic carbocycles. The van der Waals surface area contributed by atoms with Crippen LogP contribution in [0.25, 0.3) is 0 Å². The number of aliphatic hydroxyl groups excluding tert-OH is 1. The molecule has 1 fully saturated rings. The molecule has 1 aliphatic rings. The molecule has 0 heterocycles. The fourth-order valence-electron chi connectivity index (χ4n) is 3.09. The second-order valence-corrected chi connectivity index (χ2v) is 8.20. The summed E-state index contributed by atoms with van der Waals surface area (Å²) >= 11 is 0. The van der Waals surface area contributed by atoms with Gasteiger partial charge in [-0.25, -0.2) is 12.7 Å². The molecule has 0 saturated heterocycles. The van der Waals surface area contributed by atoms with Gasteiger partial charge in [-0.3, -0.25) is 0 Å². The van der Waals surface area contributed by atoms with E-state index in [0.29, 0.717) is 5.92 Å². The van der Waals surface area contributed by atoms with Crippen LogP contribution in [0.15, 0.2) is 24.3 Å². The van der Waals surface area contributed by atoms with Crippen molar-refractivity contribution in [3.05, 3.63) is 35.4 Å². The number of aliphatic hydroxyl groups is 1. The quantitative estimate of drug-likeness (QED) is 0.909. The highest BCUT2D eigenvalue weighted by molar-refractivity contribution is 7.88. The van der Waals surface area contributed by atoms with Crippen LogP contribution in [0.1, 0.15) is 43.7 Å². The number of rotatable bonds is 5. The molecule has 0 amide bonds. The van der Waals surface area contributed by atoms with Crippen LogP contribution in [0.2, 0.25) is 0 Å². The zero-order chi connectivity index (χ0) is 15.5. The normalized spacial score (nSPS) is 23.4. The number of hydrogen-bond donors (Lipinski definition) is 1. The van der Waals surface area contributed by atoms with E-state index in [9.17, 15) is 8.42 Å². The smallest absolute Gasteiger partial charge is 0.218 e. The molecule has 0 aliphatic heterocycles. The Morgan fingerprint density at radius 2 is 2.00 bits per heavy atom. The van der Waals surface area contributed by atoms with E-state index in [4.69, 9.17) is 5.11 Å². The second kappa shape index (κ2) is 6.90. The van der Waals surface area contributed by atoms with E-state index in [1.54, 1.807) is 35.6 Å². The minimum absolute atomic E-state index is 0.00220. The summed E-state index contributed by atoms with van der Waals surface area (Å²) in [4.78, 5) is 0. The molecule has 0 aromatic heterocycles. The van der Waals surface area contributed by atoms with Gasteiger partial charge in [0.05, 0.1) is 12.4 Å². The summed E-state index contributed by atoms with van der Waals surface area (Å²) < 4.78 is 26.7. The largest absolute Gasteiger partial charge is 0.392 e. The first kappa shape index (κ1) is 16.5. The van der Waals surface area contributed by atoms with Crippen LogP contribution in [-0.2, 0) is 22.4 Å². The number of sulfonamides is 1. The predicted octanol–water partition coefficient (Wildman–Crippen LogP) is 2.52. The zero-order valence-corrected chi connectivity index (χ0v) is 13.6. The maximum Gasteiger partial charge on any atom is 0.218 e. The summed E-state index contributed by atoms with van der Waals surface area (Å²) in [6.07, 6.45) is 4.21. The molecule has 1 N–H and O–H groups in total. The van der Waals surface area contributed by atoms with E-state index in [-0.39, 0.29) is 18.4 Å². The molecular weight excluding hydrogens is 286 g/mol. The lowest BCUT2D eigenvalue weighted by Crippen LogP contribution is -2.40. The predicted molar refractivity (Wildman–Crippen MR) is 84.2 cm³/mol. The maximum absolute atomic E-state index is 12.6. The molecule has 2 unspecified atom stereocenters. The Balaban J connectivity index is 2.09. The van der Waals surface area contributed by atoms with Crippen LogP contribution in [0, 0.1) is 5.92 Å². The molecule has 2 rings (SSSR count). The van der Waals surface area contributed by atoms with Crippen molar-refractivity contribution in [1.82, 2.24) is 4.31 Å². The summed E-state index contributed by atoms with van der Waals surface area (Å²) in [5.74, 6) is 0.599. The lowest BCUT2D eigenvalue weighted by atomic mass is 9.87. The molecule has 21 heavy (non-hydrogen) atoms. The van der Waals surface area contributed by atoms with Crippen molar-refractivity contribution in [1.29, 1.82) is 0 Å². The van der Waals surface area contributed by atoms with Crippen LogP contribution in [-0.4, -0.2) is 30.9 Å². The van der Waals surface area contributed by atoms with Gasteiger partial charge in [0.25, 0.3) is 0 Å². The molecule has 0 spiro atoms. The average Bonchev–Trinajstić information content (AvgIpc) is 2.46. The fourth-order valence-corrected chi connectivity index (χ4v) is 4.54. The van der Waals surface area contributed by atoms with E-state index in [1.165, 1.54) is 6.42 Å². The molecule has 2 atom stereocenters. The molecule has 1 aliphatic carbocycles. The molecule has 1 aromatic rings. The van der Waals surface area contributed by atoms with E-state index >= 15 is 0 Å². The van der Waals surface area contributed by atoms with Crippen LogP contribution in [0.3, 0.4) is 0 Å². The van der Waals surface area contributed by atoms with Crippen LogP contribution < -0.4 is 0 Å². The van der Waals surface area contributed by atoms with Crippen molar-refractivity contribution in [2.45, 2.75) is 51.0 Å². The summed E-state index contributed by atoms with van der Waals surface area (Å²) in [6.45, 7) is 2.13. The van der Waals surface area contributed by atoms with Crippen molar-refractivity contribution in [3.8, 4) is 0 Å². The first-order valence-electron chi connectivity index (χ1n) is 7.57. The second-order valence-electron chi connectivity index (χ2n) is 6.18.